The molecule has 0 unspecified atom stereocenters. The number of hydrogen-bond acceptors (Lipinski definition) is 3. The first-order chi connectivity index (χ1) is 9.77. The molecule has 1 aromatic carbocycles. The standard InChI is InChI=1S/C15H24N2O3S/c1-5-6-9-17(4)15(18)11-16-21(19,20)14-10-12(2)7-8-13(14)3/h7-8,10,16H,5-6,9,11H2,1-4H3. The van der Waals surface area contributed by atoms with Crippen LogP contribution in [-0.2, 0) is 14.8 Å². The molecular weight excluding hydrogens is 288 g/mol. The molecule has 0 spiro atoms. The van der Waals surface area contributed by atoms with Crippen molar-refractivity contribution < 1.29 is 13.2 Å². The molecule has 0 fully saturated rings. The van der Waals surface area contributed by atoms with Crippen LogP contribution in [0.4, 0.5) is 0 Å². The number of aryl methyl sites for hydroxylation is 2. The van der Waals surface area contributed by atoms with Crippen LogP contribution in [0, 0.1) is 13.8 Å². The third-order valence-electron chi connectivity index (χ3n) is 3.32. The summed E-state index contributed by atoms with van der Waals surface area (Å²) >= 11 is 0. The maximum absolute atomic E-state index is 12.3. The van der Waals surface area contributed by atoms with Crippen molar-refractivity contribution in [3.8, 4) is 0 Å². The lowest BCUT2D eigenvalue weighted by Crippen LogP contribution is -2.38. The number of unbranched alkanes of at least 4 members (excludes halogenated alkanes) is 1. The Labute approximate surface area is 127 Å². The van der Waals surface area contributed by atoms with Crippen LogP contribution in [0.1, 0.15) is 30.9 Å². The first kappa shape index (κ1) is 17.7. The Kier molecular flexibility index (Phi) is 6.36. The number of nitrogens with one attached hydrogen (secondary N) is 1. The fourth-order valence-electron chi connectivity index (χ4n) is 1.89. The lowest BCUT2D eigenvalue weighted by atomic mass is 10.2. The highest BCUT2D eigenvalue weighted by molar-refractivity contribution is 7.89. The van der Waals surface area contributed by atoms with E-state index < -0.39 is 10.0 Å². The number of benzene rings is 1. The van der Waals surface area contributed by atoms with E-state index in [9.17, 15) is 13.2 Å². The average Bonchev–Trinajstić information content (AvgIpc) is 2.44. The summed E-state index contributed by atoms with van der Waals surface area (Å²) in [6.45, 7) is 6.04. The summed E-state index contributed by atoms with van der Waals surface area (Å²) in [4.78, 5) is 13.7. The molecule has 1 rings (SSSR count). The Morgan fingerprint density at radius 1 is 1.29 bits per heavy atom. The van der Waals surface area contributed by atoms with Gasteiger partial charge < -0.3 is 4.90 Å². The molecule has 1 N–H and O–H groups in total. The highest BCUT2D eigenvalue weighted by atomic mass is 32.2. The van der Waals surface area contributed by atoms with Gasteiger partial charge in [0, 0.05) is 13.6 Å². The predicted molar refractivity (Wildman–Crippen MR) is 83.6 cm³/mol. The molecule has 0 saturated heterocycles. The number of carbonyl (C=O) groups excluding carboxylic acids is 1. The molecule has 1 aromatic rings. The van der Waals surface area contributed by atoms with Crippen molar-refractivity contribution in [2.24, 2.45) is 0 Å². The Balaban J connectivity index is 2.73. The highest BCUT2D eigenvalue weighted by Gasteiger charge is 2.19. The van der Waals surface area contributed by atoms with Crippen LogP contribution in [0.25, 0.3) is 0 Å². The van der Waals surface area contributed by atoms with Crippen LogP contribution in [0.2, 0.25) is 0 Å². The molecule has 0 bridgehead atoms. The lowest BCUT2D eigenvalue weighted by molar-refractivity contribution is -0.128. The molecule has 6 heteroatoms. The maximum Gasteiger partial charge on any atom is 0.241 e. The number of sulfonamides is 1. The number of hydrogen-bond donors (Lipinski definition) is 1. The third-order valence-corrected chi connectivity index (χ3v) is 4.86. The first-order valence-corrected chi connectivity index (χ1v) is 8.57. The number of rotatable bonds is 7. The van der Waals surface area contributed by atoms with Gasteiger partial charge in [0.25, 0.3) is 0 Å². The predicted octanol–water partition coefficient (Wildman–Crippen LogP) is 1.84. The summed E-state index contributed by atoms with van der Waals surface area (Å²) in [6.07, 6.45) is 1.90. The van der Waals surface area contributed by atoms with Crippen molar-refractivity contribution in [1.82, 2.24) is 9.62 Å². The summed E-state index contributed by atoms with van der Waals surface area (Å²) in [6, 6.07) is 5.24. The molecule has 0 aliphatic heterocycles. The fourth-order valence-corrected chi connectivity index (χ4v) is 3.19. The number of nitrogens with zero attached hydrogens (tertiary/aromatic N) is 1. The summed E-state index contributed by atoms with van der Waals surface area (Å²) in [7, 11) is -1.98. The van der Waals surface area contributed by atoms with Gasteiger partial charge in [0.2, 0.25) is 15.9 Å². The van der Waals surface area contributed by atoms with E-state index >= 15 is 0 Å². The monoisotopic (exact) mass is 312 g/mol. The SMILES string of the molecule is CCCCN(C)C(=O)CNS(=O)(=O)c1cc(C)ccc1C. The zero-order valence-electron chi connectivity index (χ0n) is 13.1. The summed E-state index contributed by atoms with van der Waals surface area (Å²) in [5, 5.41) is 0. The Hall–Kier alpha value is -1.40. The van der Waals surface area contributed by atoms with Gasteiger partial charge in [-0.15, -0.1) is 0 Å². The van der Waals surface area contributed by atoms with Crippen LogP contribution in [0.3, 0.4) is 0 Å². The highest BCUT2D eigenvalue weighted by Crippen LogP contribution is 2.16. The molecule has 5 nitrogen and oxygen atoms in total. The molecule has 0 radical (unpaired) electrons. The molecular formula is C15H24N2O3S. The van der Waals surface area contributed by atoms with Gasteiger partial charge >= 0.3 is 0 Å². The van der Waals surface area contributed by atoms with Crippen LogP contribution in [0.15, 0.2) is 23.1 Å². The number of likely N-dealkylation sites (N-methyl/N-ethyl adjacent to an activating group) is 1. The molecule has 0 aliphatic rings. The van der Waals surface area contributed by atoms with E-state index in [1.54, 1.807) is 31.0 Å². The second-order valence-electron chi connectivity index (χ2n) is 5.26. The lowest BCUT2D eigenvalue weighted by Gasteiger charge is -2.17. The minimum Gasteiger partial charge on any atom is -0.345 e. The van der Waals surface area contributed by atoms with Gasteiger partial charge in [-0.3, -0.25) is 4.79 Å². The normalized spacial score (nSPS) is 11.4. The molecule has 118 valence electrons. The van der Waals surface area contributed by atoms with Crippen LogP contribution in [0.5, 0.6) is 0 Å². The van der Waals surface area contributed by atoms with Crippen LogP contribution < -0.4 is 4.72 Å². The Morgan fingerprint density at radius 2 is 1.95 bits per heavy atom. The van der Waals surface area contributed by atoms with Crippen molar-refractivity contribution >= 4 is 15.9 Å². The summed E-state index contributed by atoms with van der Waals surface area (Å²) < 4.78 is 26.9. The van der Waals surface area contributed by atoms with Crippen LogP contribution >= 0.6 is 0 Å². The molecule has 0 aromatic heterocycles. The fraction of sp³-hybridized carbons (Fsp3) is 0.533. The summed E-state index contributed by atoms with van der Waals surface area (Å²) in [5.74, 6) is -0.225. The zero-order chi connectivity index (χ0) is 16.0. The molecule has 21 heavy (non-hydrogen) atoms. The first-order valence-electron chi connectivity index (χ1n) is 7.09. The maximum atomic E-state index is 12.3. The third kappa shape index (κ3) is 5.13. The van der Waals surface area contributed by atoms with Crippen molar-refractivity contribution in [3.63, 3.8) is 0 Å². The minimum absolute atomic E-state index is 0.212. The van der Waals surface area contributed by atoms with Crippen molar-refractivity contribution in [3.05, 3.63) is 29.3 Å². The quantitative estimate of drug-likeness (QED) is 0.835. The van der Waals surface area contributed by atoms with E-state index in [2.05, 4.69) is 4.72 Å². The van der Waals surface area contributed by atoms with E-state index in [1.807, 2.05) is 19.9 Å². The van der Waals surface area contributed by atoms with Gasteiger partial charge in [0.1, 0.15) is 0 Å². The number of amides is 1. The van der Waals surface area contributed by atoms with Gasteiger partial charge in [-0.25, -0.2) is 13.1 Å². The largest absolute Gasteiger partial charge is 0.345 e. The minimum atomic E-state index is -3.66. The van der Waals surface area contributed by atoms with Gasteiger partial charge in [-0.05, 0) is 37.5 Å². The van der Waals surface area contributed by atoms with Gasteiger partial charge in [-0.1, -0.05) is 25.5 Å². The van der Waals surface area contributed by atoms with E-state index in [4.69, 9.17) is 0 Å². The van der Waals surface area contributed by atoms with Crippen LogP contribution in [-0.4, -0.2) is 39.4 Å². The van der Waals surface area contributed by atoms with Gasteiger partial charge in [-0.2, -0.15) is 0 Å². The Morgan fingerprint density at radius 3 is 2.57 bits per heavy atom. The van der Waals surface area contributed by atoms with Crippen molar-refractivity contribution in [2.45, 2.75) is 38.5 Å². The zero-order valence-corrected chi connectivity index (χ0v) is 14.0. The second kappa shape index (κ2) is 7.56. The van der Waals surface area contributed by atoms with Crippen molar-refractivity contribution in [2.75, 3.05) is 20.1 Å². The number of carbonyl (C=O) groups is 1. The summed E-state index contributed by atoms with van der Waals surface area (Å²) in [5.41, 5.74) is 1.53. The van der Waals surface area contributed by atoms with E-state index in [0.717, 1.165) is 18.4 Å². The molecule has 0 atom stereocenters. The van der Waals surface area contributed by atoms with Gasteiger partial charge in [0.05, 0.1) is 11.4 Å². The van der Waals surface area contributed by atoms with E-state index in [-0.39, 0.29) is 17.3 Å². The van der Waals surface area contributed by atoms with E-state index in [0.29, 0.717) is 12.1 Å². The molecule has 0 aliphatic carbocycles. The van der Waals surface area contributed by atoms with Gasteiger partial charge in [0.15, 0.2) is 0 Å². The van der Waals surface area contributed by atoms with Crippen molar-refractivity contribution in [1.29, 1.82) is 0 Å². The topological polar surface area (TPSA) is 66.5 Å². The molecule has 1 amide bonds. The molecule has 0 saturated carbocycles. The Bertz CT molecular complexity index is 597. The average molecular weight is 312 g/mol. The second-order valence-corrected chi connectivity index (χ2v) is 7.00. The molecule has 0 heterocycles. The smallest absolute Gasteiger partial charge is 0.241 e. The van der Waals surface area contributed by atoms with E-state index in [1.165, 1.54) is 0 Å².